The molecular weight excluding hydrogens is 376 g/mol. The van der Waals surface area contributed by atoms with Crippen molar-refractivity contribution in [2.45, 2.75) is 13.5 Å². The summed E-state index contributed by atoms with van der Waals surface area (Å²) >= 11 is 6.00. The van der Waals surface area contributed by atoms with E-state index in [1.54, 1.807) is 18.2 Å². The number of nitrogens with two attached hydrogens (primary N) is 2. The monoisotopic (exact) mass is 394 g/mol. The summed E-state index contributed by atoms with van der Waals surface area (Å²) in [5.74, 6) is 2.31. The molecule has 0 amide bonds. The van der Waals surface area contributed by atoms with Crippen molar-refractivity contribution in [1.29, 1.82) is 0 Å². The minimum absolute atomic E-state index is 0.358. The van der Waals surface area contributed by atoms with Gasteiger partial charge in [0, 0.05) is 10.6 Å². The molecule has 3 aromatic heterocycles. The zero-order chi connectivity index (χ0) is 19.7. The lowest BCUT2D eigenvalue weighted by Crippen LogP contribution is -2.10. The molecular formula is C20H19ClN6O. The molecule has 0 bridgehead atoms. The number of hydrogen-bond acceptors (Lipinski definition) is 6. The smallest absolute Gasteiger partial charge is 0.160 e. The number of aromatic nitrogens is 4. The van der Waals surface area contributed by atoms with Crippen LogP contribution in [0.3, 0.4) is 0 Å². The van der Waals surface area contributed by atoms with Gasteiger partial charge in [-0.3, -0.25) is 0 Å². The number of fused-ring (bicyclic) bond motifs is 1. The van der Waals surface area contributed by atoms with Gasteiger partial charge in [0.2, 0.25) is 0 Å². The maximum absolute atomic E-state index is 6.00. The number of halogens is 1. The second-order valence-electron chi connectivity index (χ2n) is 6.36. The van der Waals surface area contributed by atoms with Crippen molar-refractivity contribution in [3.8, 4) is 17.0 Å². The summed E-state index contributed by atoms with van der Waals surface area (Å²) in [5.41, 5.74) is 14.8. The van der Waals surface area contributed by atoms with E-state index in [1.165, 1.54) is 0 Å². The van der Waals surface area contributed by atoms with Crippen LogP contribution in [-0.2, 0) is 6.54 Å². The van der Waals surface area contributed by atoms with Crippen molar-refractivity contribution < 1.29 is 4.74 Å². The molecule has 0 spiro atoms. The molecule has 142 valence electrons. The van der Waals surface area contributed by atoms with E-state index in [2.05, 4.69) is 9.97 Å². The molecule has 8 heteroatoms. The molecule has 4 rings (SSSR count). The minimum Gasteiger partial charge on any atom is -0.492 e. The molecule has 1 aromatic carbocycles. The van der Waals surface area contributed by atoms with Crippen molar-refractivity contribution in [3.05, 3.63) is 59.4 Å². The van der Waals surface area contributed by atoms with Crippen LogP contribution >= 0.6 is 11.6 Å². The Balaban J connectivity index is 1.62. The average molecular weight is 395 g/mol. The van der Waals surface area contributed by atoms with Gasteiger partial charge in [-0.2, -0.15) is 0 Å². The topological polar surface area (TPSA) is 105 Å². The number of nitrogen functional groups attached to an aromatic ring is 2. The van der Waals surface area contributed by atoms with E-state index in [1.807, 2.05) is 41.8 Å². The third kappa shape index (κ3) is 3.70. The highest BCUT2D eigenvalue weighted by Crippen LogP contribution is 2.24. The van der Waals surface area contributed by atoms with Crippen LogP contribution in [0.4, 0.5) is 11.6 Å². The van der Waals surface area contributed by atoms with Gasteiger partial charge in [0.05, 0.1) is 12.2 Å². The van der Waals surface area contributed by atoms with Crippen LogP contribution in [-0.4, -0.2) is 26.1 Å². The van der Waals surface area contributed by atoms with E-state index < -0.39 is 0 Å². The highest BCUT2D eigenvalue weighted by atomic mass is 35.5. The lowest BCUT2D eigenvalue weighted by Gasteiger charge is -2.10. The van der Waals surface area contributed by atoms with E-state index >= 15 is 0 Å². The van der Waals surface area contributed by atoms with Gasteiger partial charge in [-0.05, 0) is 49.4 Å². The minimum atomic E-state index is 0.358. The molecule has 0 atom stereocenters. The third-order valence-electron chi connectivity index (χ3n) is 4.32. The van der Waals surface area contributed by atoms with Crippen LogP contribution in [0, 0.1) is 6.92 Å². The quantitative estimate of drug-likeness (QED) is 0.534. The van der Waals surface area contributed by atoms with Crippen molar-refractivity contribution in [2.75, 3.05) is 18.1 Å². The van der Waals surface area contributed by atoms with E-state index in [4.69, 9.17) is 32.8 Å². The highest BCUT2D eigenvalue weighted by Gasteiger charge is 2.12. The predicted octanol–water partition coefficient (Wildman–Crippen LogP) is 3.70. The van der Waals surface area contributed by atoms with E-state index in [-0.39, 0.29) is 0 Å². The fourth-order valence-corrected chi connectivity index (χ4v) is 3.26. The van der Waals surface area contributed by atoms with Crippen molar-refractivity contribution in [2.24, 2.45) is 0 Å². The fraction of sp³-hybridized carbons (Fsp3) is 0.150. The van der Waals surface area contributed by atoms with Gasteiger partial charge in [-0.15, -0.1) is 0 Å². The molecule has 0 radical (unpaired) electrons. The highest BCUT2D eigenvalue weighted by molar-refractivity contribution is 6.30. The van der Waals surface area contributed by atoms with Gasteiger partial charge < -0.3 is 20.8 Å². The summed E-state index contributed by atoms with van der Waals surface area (Å²) in [6, 6.07) is 14.7. The zero-order valence-corrected chi connectivity index (χ0v) is 16.0. The summed E-state index contributed by atoms with van der Waals surface area (Å²) in [4.78, 5) is 13.4. The normalized spacial score (nSPS) is 11.1. The standard InChI is InChI=1S/C20H19ClN6O/c1-12-24-17-6-5-16(13-9-18(22)26-19(23)10-13)25-20(17)27(12)7-8-28-15-4-2-3-14(21)11-15/h2-6,9-11H,7-8H2,1H3,(H4,22,23,26). The molecule has 0 aliphatic heterocycles. The number of benzene rings is 1. The number of imidazole rings is 1. The summed E-state index contributed by atoms with van der Waals surface area (Å²) in [6.07, 6.45) is 0. The summed E-state index contributed by atoms with van der Waals surface area (Å²) < 4.78 is 7.83. The van der Waals surface area contributed by atoms with Crippen molar-refractivity contribution in [1.82, 2.24) is 19.5 Å². The average Bonchev–Trinajstić information content (AvgIpc) is 2.96. The first-order valence-corrected chi connectivity index (χ1v) is 9.13. The van der Waals surface area contributed by atoms with Crippen LogP contribution in [0.25, 0.3) is 22.4 Å². The molecule has 0 saturated carbocycles. The Kier molecular flexibility index (Phi) is 4.75. The summed E-state index contributed by atoms with van der Waals surface area (Å²) in [6.45, 7) is 3.02. The Morgan fingerprint density at radius 1 is 1.00 bits per heavy atom. The Morgan fingerprint density at radius 2 is 1.79 bits per heavy atom. The maximum Gasteiger partial charge on any atom is 0.160 e. The number of pyridine rings is 2. The number of hydrogen-bond donors (Lipinski definition) is 2. The molecule has 0 aliphatic carbocycles. The Morgan fingerprint density at radius 3 is 2.54 bits per heavy atom. The van der Waals surface area contributed by atoms with Crippen LogP contribution in [0.5, 0.6) is 5.75 Å². The molecule has 4 aromatic rings. The predicted molar refractivity (Wildman–Crippen MR) is 111 cm³/mol. The number of aryl methyl sites for hydroxylation is 1. The molecule has 28 heavy (non-hydrogen) atoms. The summed E-state index contributed by atoms with van der Waals surface area (Å²) in [5, 5.41) is 0.643. The van der Waals surface area contributed by atoms with E-state index in [9.17, 15) is 0 Å². The van der Waals surface area contributed by atoms with Crippen molar-refractivity contribution in [3.63, 3.8) is 0 Å². The molecule has 7 nitrogen and oxygen atoms in total. The van der Waals surface area contributed by atoms with Crippen molar-refractivity contribution >= 4 is 34.4 Å². The van der Waals surface area contributed by atoms with E-state index in [0.29, 0.717) is 29.8 Å². The number of nitrogens with zero attached hydrogens (tertiary/aromatic N) is 4. The Labute approximate surface area is 166 Å². The molecule has 3 heterocycles. The molecule has 4 N–H and O–H groups in total. The SMILES string of the molecule is Cc1nc2ccc(-c3cc(N)nc(N)c3)nc2n1CCOc1cccc(Cl)c1. The second kappa shape index (κ2) is 7.36. The van der Waals surface area contributed by atoms with E-state index in [0.717, 1.165) is 34.0 Å². The lowest BCUT2D eigenvalue weighted by molar-refractivity contribution is 0.298. The zero-order valence-electron chi connectivity index (χ0n) is 15.3. The van der Waals surface area contributed by atoms with Crippen LogP contribution in [0.15, 0.2) is 48.5 Å². The number of rotatable bonds is 5. The van der Waals surface area contributed by atoms with Crippen LogP contribution < -0.4 is 16.2 Å². The number of anilines is 2. The second-order valence-corrected chi connectivity index (χ2v) is 6.80. The van der Waals surface area contributed by atoms with Gasteiger partial charge in [0.15, 0.2) is 5.65 Å². The Hall–Kier alpha value is -3.32. The molecule has 0 fully saturated rings. The first-order chi connectivity index (χ1) is 13.5. The largest absolute Gasteiger partial charge is 0.492 e. The van der Waals surface area contributed by atoms with Gasteiger partial charge in [0.1, 0.15) is 35.3 Å². The van der Waals surface area contributed by atoms with Gasteiger partial charge >= 0.3 is 0 Å². The summed E-state index contributed by atoms with van der Waals surface area (Å²) in [7, 11) is 0. The van der Waals surface area contributed by atoms with Gasteiger partial charge in [-0.1, -0.05) is 17.7 Å². The first kappa shape index (κ1) is 18.1. The fourth-order valence-electron chi connectivity index (χ4n) is 3.08. The van der Waals surface area contributed by atoms with Crippen LogP contribution in [0.1, 0.15) is 5.82 Å². The number of ether oxygens (including phenoxy) is 1. The van der Waals surface area contributed by atoms with Gasteiger partial charge in [-0.25, -0.2) is 15.0 Å². The third-order valence-corrected chi connectivity index (χ3v) is 4.56. The Bertz CT molecular complexity index is 1140. The molecule has 0 unspecified atom stereocenters. The molecule has 0 aliphatic rings. The molecule has 0 saturated heterocycles. The first-order valence-electron chi connectivity index (χ1n) is 8.75. The maximum atomic E-state index is 6.00. The van der Waals surface area contributed by atoms with Gasteiger partial charge in [0.25, 0.3) is 0 Å². The lowest BCUT2D eigenvalue weighted by atomic mass is 10.1. The van der Waals surface area contributed by atoms with Crippen LogP contribution in [0.2, 0.25) is 5.02 Å².